The summed E-state index contributed by atoms with van der Waals surface area (Å²) in [6.45, 7) is 5.55. The number of carbonyl (C=O) groups is 2. The molecular weight excluding hydrogens is 272 g/mol. The minimum atomic E-state index is -4.44. The maximum atomic E-state index is 11.5. The van der Waals surface area contributed by atoms with Crippen LogP contribution in [0.4, 0.5) is 0 Å². The SMILES string of the molecule is C=CC(=O)NC(C)(C)C(=O)OCCP(=O)([O-])O.[Na+]. The molecule has 9 heteroatoms. The van der Waals surface area contributed by atoms with Gasteiger partial charge in [-0.2, -0.15) is 0 Å². The fraction of sp³-hybridized carbons (Fsp3) is 0.556. The van der Waals surface area contributed by atoms with Crippen LogP contribution in [0.2, 0.25) is 0 Å². The first kappa shape index (κ1) is 20.2. The zero-order valence-corrected chi connectivity index (χ0v) is 13.5. The molecule has 1 unspecified atom stereocenters. The van der Waals surface area contributed by atoms with Crippen molar-refractivity contribution >= 4 is 19.5 Å². The summed E-state index contributed by atoms with van der Waals surface area (Å²) in [5.74, 6) is -1.36. The largest absolute Gasteiger partial charge is 1.00 e. The van der Waals surface area contributed by atoms with Crippen molar-refractivity contribution in [3.05, 3.63) is 12.7 Å². The van der Waals surface area contributed by atoms with Gasteiger partial charge in [-0.3, -0.25) is 4.79 Å². The molecular formula is C9H15NNaO6P. The van der Waals surface area contributed by atoms with Gasteiger partial charge >= 0.3 is 35.5 Å². The summed E-state index contributed by atoms with van der Waals surface area (Å²) in [6, 6.07) is 0. The first-order valence-electron chi connectivity index (χ1n) is 4.73. The minimum absolute atomic E-state index is 0. The first-order chi connectivity index (χ1) is 7.58. The number of hydrogen-bond donors (Lipinski definition) is 2. The van der Waals surface area contributed by atoms with Gasteiger partial charge in [-0.05, 0) is 19.9 Å². The van der Waals surface area contributed by atoms with E-state index >= 15 is 0 Å². The number of esters is 1. The summed E-state index contributed by atoms with van der Waals surface area (Å²) in [5, 5.41) is 2.31. The summed E-state index contributed by atoms with van der Waals surface area (Å²) in [5.41, 5.74) is -1.30. The molecule has 0 aliphatic carbocycles. The summed E-state index contributed by atoms with van der Waals surface area (Å²) in [4.78, 5) is 41.3. The summed E-state index contributed by atoms with van der Waals surface area (Å²) >= 11 is 0. The fourth-order valence-electron chi connectivity index (χ4n) is 0.844. The molecule has 0 heterocycles. The molecule has 7 nitrogen and oxygen atoms in total. The van der Waals surface area contributed by atoms with E-state index in [1.165, 1.54) is 13.8 Å². The Morgan fingerprint density at radius 3 is 2.44 bits per heavy atom. The van der Waals surface area contributed by atoms with Crippen molar-refractivity contribution in [1.82, 2.24) is 5.32 Å². The van der Waals surface area contributed by atoms with Gasteiger partial charge in [0.15, 0.2) is 0 Å². The van der Waals surface area contributed by atoms with E-state index < -0.39 is 37.8 Å². The number of amides is 1. The number of ether oxygens (including phenoxy) is 1. The van der Waals surface area contributed by atoms with E-state index in [-0.39, 0.29) is 29.6 Å². The molecule has 0 aromatic carbocycles. The third-order valence-electron chi connectivity index (χ3n) is 1.74. The van der Waals surface area contributed by atoms with E-state index in [4.69, 9.17) is 4.89 Å². The Labute approximate surface area is 127 Å². The van der Waals surface area contributed by atoms with Crippen LogP contribution in [0, 0.1) is 0 Å². The third-order valence-corrected chi connectivity index (χ3v) is 2.49. The van der Waals surface area contributed by atoms with Gasteiger partial charge < -0.3 is 24.4 Å². The van der Waals surface area contributed by atoms with Crippen LogP contribution in [0.25, 0.3) is 0 Å². The van der Waals surface area contributed by atoms with Crippen LogP contribution in [-0.2, 0) is 18.9 Å². The molecule has 2 N–H and O–H groups in total. The first-order valence-corrected chi connectivity index (χ1v) is 6.49. The van der Waals surface area contributed by atoms with Gasteiger partial charge in [0.1, 0.15) is 13.1 Å². The third kappa shape index (κ3) is 8.85. The molecule has 1 amide bonds. The Balaban J connectivity index is 0. The topological polar surface area (TPSA) is 116 Å². The quantitative estimate of drug-likeness (QED) is 0.224. The van der Waals surface area contributed by atoms with Crippen LogP contribution in [0.1, 0.15) is 13.8 Å². The van der Waals surface area contributed by atoms with Gasteiger partial charge in [0, 0.05) is 6.16 Å². The molecule has 0 aromatic heterocycles. The van der Waals surface area contributed by atoms with Gasteiger partial charge in [-0.1, -0.05) is 6.58 Å². The number of nitrogens with one attached hydrogen (secondary N) is 1. The Morgan fingerprint density at radius 1 is 1.56 bits per heavy atom. The van der Waals surface area contributed by atoms with Gasteiger partial charge in [0.25, 0.3) is 0 Å². The van der Waals surface area contributed by atoms with Crippen LogP contribution >= 0.6 is 7.60 Å². The fourth-order valence-corrected chi connectivity index (χ4v) is 1.17. The van der Waals surface area contributed by atoms with Crippen molar-refractivity contribution in [2.75, 3.05) is 12.8 Å². The number of rotatable bonds is 6. The summed E-state index contributed by atoms with van der Waals surface area (Å²) < 4.78 is 15.0. The van der Waals surface area contributed by atoms with E-state index in [0.717, 1.165) is 6.08 Å². The Kier molecular flexibility index (Phi) is 9.06. The van der Waals surface area contributed by atoms with E-state index in [0.29, 0.717) is 0 Å². The Bertz CT molecular complexity index is 364. The van der Waals surface area contributed by atoms with Crippen molar-refractivity contribution in [2.24, 2.45) is 0 Å². The maximum Gasteiger partial charge on any atom is 1.00 e. The van der Waals surface area contributed by atoms with Gasteiger partial charge in [-0.25, -0.2) is 4.79 Å². The second kappa shape index (κ2) is 8.09. The monoisotopic (exact) mass is 287 g/mol. The maximum absolute atomic E-state index is 11.5. The smallest absolute Gasteiger partial charge is 0.779 e. The molecule has 0 aromatic rings. The predicted molar refractivity (Wildman–Crippen MR) is 58.1 cm³/mol. The molecule has 18 heavy (non-hydrogen) atoms. The molecule has 0 rings (SSSR count). The Morgan fingerprint density at radius 2 is 2.06 bits per heavy atom. The Hall–Kier alpha value is -0.170. The second-order valence-electron chi connectivity index (χ2n) is 3.82. The van der Waals surface area contributed by atoms with Crippen molar-refractivity contribution in [2.45, 2.75) is 19.4 Å². The second-order valence-corrected chi connectivity index (χ2v) is 5.54. The van der Waals surface area contributed by atoms with Crippen molar-refractivity contribution in [1.29, 1.82) is 0 Å². The van der Waals surface area contributed by atoms with E-state index in [9.17, 15) is 19.0 Å². The summed E-state index contributed by atoms with van der Waals surface area (Å²) in [7, 11) is -4.44. The average molecular weight is 287 g/mol. The zero-order chi connectivity index (χ0) is 13.7. The summed E-state index contributed by atoms with van der Waals surface area (Å²) in [6.07, 6.45) is 0.332. The van der Waals surface area contributed by atoms with Crippen LogP contribution in [0.3, 0.4) is 0 Å². The molecule has 1 atom stereocenters. The van der Waals surface area contributed by atoms with E-state index in [2.05, 4.69) is 16.6 Å². The van der Waals surface area contributed by atoms with Crippen LogP contribution < -0.4 is 39.8 Å². The van der Waals surface area contributed by atoms with Crippen molar-refractivity contribution in [3.8, 4) is 0 Å². The molecule has 0 aliphatic rings. The van der Waals surface area contributed by atoms with Gasteiger partial charge in [0.05, 0.1) is 6.61 Å². The van der Waals surface area contributed by atoms with Crippen LogP contribution in [0.5, 0.6) is 0 Å². The van der Waals surface area contributed by atoms with Crippen LogP contribution in [-0.4, -0.2) is 35.1 Å². The van der Waals surface area contributed by atoms with Gasteiger partial charge in [0.2, 0.25) is 5.91 Å². The molecule has 0 spiro atoms. The molecule has 0 radical (unpaired) electrons. The molecule has 0 saturated heterocycles. The van der Waals surface area contributed by atoms with E-state index in [1.807, 2.05) is 0 Å². The molecule has 0 aliphatic heterocycles. The zero-order valence-electron chi connectivity index (χ0n) is 10.6. The van der Waals surface area contributed by atoms with Crippen molar-refractivity contribution in [3.63, 3.8) is 0 Å². The van der Waals surface area contributed by atoms with E-state index in [1.54, 1.807) is 0 Å². The molecule has 0 saturated carbocycles. The normalized spacial score (nSPS) is 13.8. The molecule has 98 valence electrons. The standard InChI is InChI=1S/C9H16NO6P.Na/c1-4-7(11)10-9(2,3)8(12)16-5-6-17(13,14)15;/h4H,1,5-6H2,2-3H3,(H,10,11)(H2,13,14,15);/q;+1/p-1. The predicted octanol–water partition coefficient (Wildman–Crippen LogP) is -3.84. The number of carbonyl (C=O) groups excluding carboxylic acids is 2. The average Bonchev–Trinajstić information content (AvgIpc) is 2.14. The number of hydrogen-bond acceptors (Lipinski definition) is 5. The minimum Gasteiger partial charge on any atom is -0.779 e. The van der Waals surface area contributed by atoms with Crippen LogP contribution in [0.15, 0.2) is 12.7 Å². The van der Waals surface area contributed by atoms with Gasteiger partial charge in [-0.15, -0.1) is 0 Å². The molecule has 0 bridgehead atoms. The molecule has 0 fully saturated rings. The van der Waals surface area contributed by atoms with Crippen molar-refractivity contribution < 1.29 is 58.2 Å².